The molecular formula is C13H11NO4. The van der Waals surface area contributed by atoms with Crippen LogP contribution in [0.5, 0.6) is 5.75 Å². The van der Waals surface area contributed by atoms with Crippen molar-refractivity contribution in [3.05, 3.63) is 42.0 Å². The number of aromatic hydroxyl groups is 1. The second kappa shape index (κ2) is 4.75. The maximum Gasteiger partial charge on any atom is 0.358 e. The molecule has 5 nitrogen and oxygen atoms in total. The number of benzene rings is 2. The molecule has 0 amide bonds. The van der Waals surface area contributed by atoms with Crippen molar-refractivity contribution in [3.63, 3.8) is 0 Å². The Kier molecular flexibility index (Phi) is 3.14. The van der Waals surface area contributed by atoms with Gasteiger partial charge in [0.1, 0.15) is 12.9 Å². The third-order valence-corrected chi connectivity index (χ3v) is 2.52. The van der Waals surface area contributed by atoms with E-state index < -0.39 is 5.97 Å². The van der Waals surface area contributed by atoms with Crippen LogP contribution in [0.4, 0.5) is 0 Å². The van der Waals surface area contributed by atoms with Crippen LogP contribution in [0.3, 0.4) is 0 Å². The number of aliphatic carboxylic acids is 1. The number of phenols is 1. The molecule has 0 radical (unpaired) electrons. The third-order valence-electron chi connectivity index (χ3n) is 2.52. The van der Waals surface area contributed by atoms with Crippen LogP contribution in [0.2, 0.25) is 0 Å². The van der Waals surface area contributed by atoms with Gasteiger partial charge in [0.25, 0.3) is 0 Å². The second-order valence-electron chi connectivity index (χ2n) is 3.64. The van der Waals surface area contributed by atoms with Crippen LogP contribution in [0.15, 0.2) is 41.6 Å². The molecule has 2 N–H and O–H groups in total. The fraction of sp³-hybridized carbons (Fsp3) is 0.0769. The Morgan fingerprint density at radius 1 is 1.28 bits per heavy atom. The zero-order valence-corrected chi connectivity index (χ0v) is 9.62. The van der Waals surface area contributed by atoms with Crippen molar-refractivity contribution in [1.29, 1.82) is 0 Å². The number of hydrogen-bond donors (Lipinski definition) is 2. The standard InChI is InChI=1S/C13H11NO4/c1-18-14-12(13(16)17)9-6-5-8-3-2-4-11(15)10(8)7-9/h2-7,15H,1H3,(H,16,17)/b14-12+. The summed E-state index contributed by atoms with van der Waals surface area (Å²) >= 11 is 0. The first-order valence-electron chi connectivity index (χ1n) is 5.20. The molecule has 0 heterocycles. The van der Waals surface area contributed by atoms with Gasteiger partial charge in [0, 0.05) is 10.9 Å². The molecule has 2 aromatic rings. The van der Waals surface area contributed by atoms with Crippen LogP contribution >= 0.6 is 0 Å². The van der Waals surface area contributed by atoms with E-state index in [1.165, 1.54) is 7.11 Å². The van der Waals surface area contributed by atoms with E-state index in [1.807, 2.05) is 6.07 Å². The van der Waals surface area contributed by atoms with Gasteiger partial charge in [0.2, 0.25) is 0 Å². The predicted molar refractivity (Wildman–Crippen MR) is 66.8 cm³/mol. The molecule has 2 aromatic carbocycles. The normalized spacial score (nSPS) is 11.5. The Bertz CT molecular complexity index is 634. The first-order valence-corrected chi connectivity index (χ1v) is 5.20. The van der Waals surface area contributed by atoms with Crippen molar-refractivity contribution in [3.8, 4) is 5.75 Å². The maximum absolute atomic E-state index is 11.0. The SMILES string of the molecule is CO/N=C(/C(=O)O)c1ccc2cccc(O)c2c1. The summed E-state index contributed by atoms with van der Waals surface area (Å²) in [7, 11) is 1.28. The van der Waals surface area contributed by atoms with Crippen LogP contribution in [-0.4, -0.2) is 29.0 Å². The lowest BCUT2D eigenvalue weighted by molar-refractivity contribution is -0.129. The summed E-state index contributed by atoms with van der Waals surface area (Å²) in [6.07, 6.45) is 0. The van der Waals surface area contributed by atoms with Crippen molar-refractivity contribution in [2.24, 2.45) is 5.16 Å². The predicted octanol–water partition coefficient (Wildman–Crippen LogP) is 1.98. The fourth-order valence-electron chi connectivity index (χ4n) is 1.71. The van der Waals surface area contributed by atoms with Gasteiger partial charge in [-0.15, -0.1) is 0 Å². The Morgan fingerprint density at radius 2 is 2.06 bits per heavy atom. The zero-order chi connectivity index (χ0) is 13.1. The number of nitrogens with zero attached hydrogens (tertiary/aromatic N) is 1. The van der Waals surface area contributed by atoms with E-state index in [4.69, 9.17) is 5.11 Å². The highest BCUT2D eigenvalue weighted by atomic mass is 16.6. The minimum atomic E-state index is -1.19. The number of fused-ring (bicyclic) bond motifs is 1. The highest BCUT2D eigenvalue weighted by Gasteiger charge is 2.14. The molecule has 0 aromatic heterocycles. The van der Waals surface area contributed by atoms with Crippen LogP contribution in [0.25, 0.3) is 10.8 Å². The Hall–Kier alpha value is -2.56. The second-order valence-corrected chi connectivity index (χ2v) is 3.64. The number of rotatable bonds is 3. The first-order chi connectivity index (χ1) is 8.63. The van der Waals surface area contributed by atoms with E-state index in [2.05, 4.69) is 9.99 Å². The molecule has 0 bridgehead atoms. The summed E-state index contributed by atoms with van der Waals surface area (Å²) in [5, 5.41) is 23.6. The summed E-state index contributed by atoms with van der Waals surface area (Å²) in [4.78, 5) is 15.5. The van der Waals surface area contributed by atoms with Gasteiger partial charge in [-0.1, -0.05) is 29.4 Å². The van der Waals surface area contributed by atoms with E-state index in [0.29, 0.717) is 10.9 Å². The van der Waals surface area contributed by atoms with E-state index >= 15 is 0 Å². The Labute approximate surface area is 103 Å². The van der Waals surface area contributed by atoms with Crippen molar-refractivity contribution in [1.82, 2.24) is 0 Å². The third kappa shape index (κ3) is 2.10. The summed E-state index contributed by atoms with van der Waals surface area (Å²) in [6, 6.07) is 9.99. The topological polar surface area (TPSA) is 79.1 Å². The molecule has 2 rings (SSSR count). The zero-order valence-electron chi connectivity index (χ0n) is 9.62. The largest absolute Gasteiger partial charge is 0.507 e. The molecule has 0 aliphatic rings. The van der Waals surface area contributed by atoms with Gasteiger partial charge in [0.15, 0.2) is 5.71 Å². The van der Waals surface area contributed by atoms with E-state index in [9.17, 15) is 9.90 Å². The molecule has 0 atom stereocenters. The van der Waals surface area contributed by atoms with Crippen LogP contribution in [0, 0.1) is 0 Å². The van der Waals surface area contributed by atoms with Crippen molar-refractivity contribution < 1.29 is 19.8 Å². The average Bonchev–Trinajstić information content (AvgIpc) is 2.36. The van der Waals surface area contributed by atoms with E-state index in [-0.39, 0.29) is 11.5 Å². The number of carbonyl (C=O) groups is 1. The van der Waals surface area contributed by atoms with Crippen LogP contribution in [-0.2, 0) is 9.63 Å². The lowest BCUT2D eigenvalue weighted by Crippen LogP contribution is -2.14. The van der Waals surface area contributed by atoms with Gasteiger partial charge in [0.05, 0.1) is 0 Å². The molecule has 0 saturated heterocycles. The lowest BCUT2D eigenvalue weighted by Gasteiger charge is -2.04. The minimum absolute atomic E-state index is 0.0940. The highest BCUT2D eigenvalue weighted by Crippen LogP contribution is 2.25. The average molecular weight is 245 g/mol. The molecule has 0 aliphatic heterocycles. The molecule has 0 spiro atoms. The Morgan fingerprint density at radius 3 is 2.72 bits per heavy atom. The van der Waals surface area contributed by atoms with Crippen LogP contribution < -0.4 is 0 Å². The van der Waals surface area contributed by atoms with Crippen molar-refractivity contribution in [2.45, 2.75) is 0 Å². The summed E-state index contributed by atoms with van der Waals surface area (Å²) < 4.78 is 0. The summed E-state index contributed by atoms with van der Waals surface area (Å²) in [5.74, 6) is -1.09. The fourth-order valence-corrected chi connectivity index (χ4v) is 1.71. The van der Waals surface area contributed by atoms with Gasteiger partial charge in [-0.3, -0.25) is 0 Å². The minimum Gasteiger partial charge on any atom is -0.507 e. The molecule has 0 saturated carbocycles. The molecule has 0 unspecified atom stereocenters. The van der Waals surface area contributed by atoms with Crippen molar-refractivity contribution >= 4 is 22.5 Å². The van der Waals surface area contributed by atoms with Gasteiger partial charge >= 0.3 is 5.97 Å². The number of carboxylic acid groups (broad SMARTS) is 1. The van der Waals surface area contributed by atoms with Gasteiger partial charge in [-0.25, -0.2) is 4.79 Å². The summed E-state index contributed by atoms with van der Waals surface area (Å²) in [5.41, 5.74) is 0.168. The Balaban J connectivity index is 2.62. The number of carboxylic acids is 1. The molecule has 18 heavy (non-hydrogen) atoms. The maximum atomic E-state index is 11.0. The number of oxime groups is 1. The van der Waals surface area contributed by atoms with Gasteiger partial charge in [-0.2, -0.15) is 0 Å². The van der Waals surface area contributed by atoms with Gasteiger partial charge < -0.3 is 15.1 Å². The lowest BCUT2D eigenvalue weighted by atomic mass is 10.0. The molecule has 0 fully saturated rings. The number of hydrogen-bond acceptors (Lipinski definition) is 4. The monoisotopic (exact) mass is 245 g/mol. The molecule has 5 heteroatoms. The quantitative estimate of drug-likeness (QED) is 0.640. The van der Waals surface area contributed by atoms with E-state index in [0.717, 1.165) is 5.39 Å². The van der Waals surface area contributed by atoms with Crippen LogP contribution in [0.1, 0.15) is 5.56 Å². The van der Waals surface area contributed by atoms with Gasteiger partial charge in [-0.05, 0) is 17.5 Å². The summed E-state index contributed by atoms with van der Waals surface area (Å²) in [6.45, 7) is 0. The highest BCUT2D eigenvalue weighted by molar-refractivity contribution is 6.42. The smallest absolute Gasteiger partial charge is 0.358 e. The van der Waals surface area contributed by atoms with E-state index in [1.54, 1.807) is 30.3 Å². The number of phenolic OH excluding ortho intramolecular Hbond substituents is 1. The molecule has 92 valence electrons. The molecular weight excluding hydrogens is 234 g/mol. The molecule has 0 aliphatic carbocycles. The van der Waals surface area contributed by atoms with Crippen molar-refractivity contribution in [2.75, 3.05) is 7.11 Å². The first kappa shape index (κ1) is 11.9.